The van der Waals surface area contributed by atoms with Gasteiger partial charge in [0.2, 0.25) is 5.91 Å². The van der Waals surface area contributed by atoms with Crippen LogP contribution in [0.25, 0.3) is 11.3 Å². The minimum atomic E-state index is -0.996. The Hall–Kier alpha value is -2.58. The Morgan fingerprint density at radius 3 is 2.81 bits per heavy atom. The molecule has 0 radical (unpaired) electrons. The molecule has 0 bridgehead atoms. The van der Waals surface area contributed by atoms with Gasteiger partial charge in [-0.05, 0) is 32.4 Å². The number of amides is 1. The second-order valence-electron chi connectivity index (χ2n) is 7.11. The summed E-state index contributed by atoms with van der Waals surface area (Å²) in [6.07, 6.45) is 4.16. The molecule has 2 aromatic heterocycles. The first-order valence-electron chi connectivity index (χ1n) is 8.62. The fourth-order valence-electron chi connectivity index (χ4n) is 3.19. The first-order chi connectivity index (χ1) is 12.4. The highest BCUT2D eigenvalue weighted by atomic mass is 16.5. The molecule has 136 valence electrons. The molecular weight excluding hydrogens is 334 g/mol. The van der Waals surface area contributed by atoms with Crippen LogP contribution < -0.4 is 10.2 Å². The second kappa shape index (κ2) is 6.30. The number of nitrogens with zero attached hydrogens (tertiary/aromatic N) is 4. The van der Waals surface area contributed by atoms with Crippen LogP contribution in [0.2, 0.25) is 0 Å². The number of aliphatic hydroxyl groups is 1. The van der Waals surface area contributed by atoms with E-state index in [2.05, 4.69) is 15.3 Å². The molecular formula is C18H21N5O3. The van der Waals surface area contributed by atoms with E-state index in [-0.39, 0.29) is 18.5 Å². The van der Waals surface area contributed by atoms with Crippen LogP contribution in [-0.4, -0.2) is 51.8 Å². The quantitative estimate of drug-likeness (QED) is 0.856. The minimum absolute atomic E-state index is 0.0948. The van der Waals surface area contributed by atoms with Gasteiger partial charge in [0.15, 0.2) is 11.6 Å². The number of pyridine rings is 1. The molecule has 0 spiro atoms. The number of nitrogens with one attached hydrogen (secondary N) is 1. The summed E-state index contributed by atoms with van der Waals surface area (Å²) >= 11 is 0. The number of aromatic nitrogens is 3. The van der Waals surface area contributed by atoms with Crippen LogP contribution in [0.3, 0.4) is 0 Å². The predicted octanol–water partition coefficient (Wildman–Crippen LogP) is 1.31. The van der Waals surface area contributed by atoms with E-state index in [1.54, 1.807) is 32.3 Å². The first kappa shape index (κ1) is 16.9. The summed E-state index contributed by atoms with van der Waals surface area (Å²) in [4.78, 5) is 27.4. The topological polar surface area (TPSA) is 100 Å². The number of carbonyl (C=O) groups is 1. The Labute approximate surface area is 151 Å². The van der Waals surface area contributed by atoms with Crippen molar-refractivity contribution in [2.24, 2.45) is 0 Å². The lowest BCUT2D eigenvalue weighted by molar-refractivity contribution is -0.115. The molecule has 0 unspecified atom stereocenters. The fraction of sp³-hybridized carbons (Fsp3) is 0.444. The maximum atomic E-state index is 12.0. The Bertz CT molecular complexity index is 826. The Morgan fingerprint density at radius 2 is 2.15 bits per heavy atom. The van der Waals surface area contributed by atoms with E-state index < -0.39 is 5.60 Å². The van der Waals surface area contributed by atoms with E-state index in [1.807, 2.05) is 11.0 Å². The zero-order chi connectivity index (χ0) is 18.3. The van der Waals surface area contributed by atoms with Crippen LogP contribution in [0.5, 0.6) is 0 Å². The maximum absolute atomic E-state index is 12.0. The predicted molar refractivity (Wildman–Crippen MR) is 95.7 cm³/mol. The Kier molecular flexibility index (Phi) is 4.08. The molecule has 4 heterocycles. The standard InChI is InChI=1S/C18H21N5O3/c1-18(2,25)14-4-3-11(7-19-14)13-8-20-16-17(21-13)23(9-15(24)22-16)12-5-6-26-10-12/h3-4,7-8,12,25H,5-6,9-10H2,1-2H3,(H,20,22,24)/t12-/m0/s1. The summed E-state index contributed by atoms with van der Waals surface area (Å²) in [5.74, 6) is 1.03. The van der Waals surface area contributed by atoms with Gasteiger partial charge >= 0.3 is 0 Å². The van der Waals surface area contributed by atoms with Gasteiger partial charge in [-0.1, -0.05) is 0 Å². The number of carbonyl (C=O) groups excluding carboxylic acids is 1. The van der Waals surface area contributed by atoms with Gasteiger partial charge in [-0.3, -0.25) is 9.78 Å². The van der Waals surface area contributed by atoms with Crippen molar-refractivity contribution < 1.29 is 14.6 Å². The molecule has 1 saturated heterocycles. The van der Waals surface area contributed by atoms with Gasteiger partial charge in [-0.25, -0.2) is 9.97 Å². The largest absolute Gasteiger partial charge is 0.384 e. The lowest BCUT2D eigenvalue weighted by Crippen LogP contribution is -2.45. The molecule has 8 nitrogen and oxygen atoms in total. The second-order valence-corrected chi connectivity index (χ2v) is 7.11. The third kappa shape index (κ3) is 3.13. The molecule has 8 heteroatoms. The van der Waals surface area contributed by atoms with E-state index in [0.717, 1.165) is 12.0 Å². The number of ether oxygens (including phenoxy) is 1. The van der Waals surface area contributed by atoms with Gasteiger partial charge in [0.1, 0.15) is 5.60 Å². The number of hydrogen-bond acceptors (Lipinski definition) is 7. The normalized spacial score (nSPS) is 20.0. The Balaban J connectivity index is 1.69. The van der Waals surface area contributed by atoms with Gasteiger partial charge in [-0.15, -0.1) is 0 Å². The third-order valence-corrected chi connectivity index (χ3v) is 4.63. The molecule has 1 amide bonds. The van der Waals surface area contributed by atoms with Gasteiger partial charge in [0, 0.05) is 18.4 Å². The number of rotatable bonds is 3. The summed E-state index contributed by atoms with van der Waals surface area (Å²) in [6, 6.07) is 3.77. The van der Waals surface area contributed by atoms with Crippen molar-refractivity contribution in [1.82, 2.24) is 15.0 Å². The third-order valence-electron chi connectivity index (χ3n) is 4.63. The first-order valence-corrected chi connectivity index (χ1v) is 8.62. The maximum Gasteiger partial charge on any atom is 0.245 e. The van der Waals surface area contributed by atoms with E-state index in [1.165, 1.54) is 0 Å². The van der Waals surface area contributed by atoms with Crippen LogP contribution in [0, 0.1) is 0 Å². The summed E-state index contributed by atoms with van der Waals surface area (Å²) in [5, 5.41) is 12.8. The molecule has 2 aromatic rings. The van der Waals surface area contributed by atoms with Gasteiger partial charge in [0.05, 0.1) is 36.8 Å². The van der Waals surface area contributed by atoms with Crippen molar-refractivity contribution in [1.29, 1.82) is 0 Å². The molecule has 0 aromatic carbocycles. The summed E-state index contributed by atoms with van der Waals surface area (Å²) in [6.45, 7) is 4.90. The summed E-state index contributed by atoms with van der Waals surface area (Å²) < 4.78 is 5.47. The van der Waals surface area contributed by atoms with Crippen LogP contribution in [-0.2, 0) is 15.1 Å². The number of hydrogen-bond donors (Lipinski definition) is 2. The van der Waals surface area contributed by atoms with Crippen molar-refractivity contribution in [2.45, 2.75) is 31.9 Å². The molecule has 0 aliphatic carbocycles. The van der Waals surface area contributed by atoms with Crippen molar-refractivity contribution in [3.05, 3.63) is 30.2 Å². The highest BCUT2D eigenvalue weighted by molar-refractivity contribution is 5.99. The Morgan fingerprint density at radius 1 is 1.31 bits per heavy atom. The highest BCUT2D eigenvalue weighted by Crippen LogP contribution is 2.31. The average Bonchev–Trinajstić information content (AvgIpc) is 3.14. The highest BCUT2D eigenvalue weighted by Gasteiger charge is 2.32. The lowest BCUT2D eigenvalue weighted by atomic mass is 10.0. The van der Waals surface area contributed by atoms with Crippen LogP contribution in [0.15, 0.2) is 24.5 Å². The van der Waals surface area contributed by atoms with Crippen molar-refractivity contribution >= 4 is 17.5 Å². The molecule has 2 N–H and O–H groups in total. The van der Waals surface area contributed by atoms with E-state index in [0.29, 0.717) is 36.2 Å². The molecule has 2 aliphatic heterocycles. The van der Waals surface area contributed by atoms with E-state index in [9.17, 15) is 9.90 Å². The number of fused-ring (bicyclic) bond motifs is 1. The van der Waals surface area contributed by atoms with Crippen molar-refractivity contribution in [2.75, 3.05) is 30.0 Å². The van der Waals surface area contributed by atoms with Crippen LogP contribution >= 0.6 is 0 Å². The van der Waals surface area contributed by atoms with Gasteiger partial charge in [-0.2, -0.15) is 0 Å². The molecule has 0 saturated carbocycles. The van der Waals surface area contributed by atoms with Crippen LogP contribution in [0.1, 0.15) is 26.0 Å². The average molecular weight is 355 g/mol. The summed E-state index contributed by atoms with van der Waals surface area (Å²) in [7, 11) is 0. The van der Waals surface area contributed by atoms with Crippen LogP contribution in [0.4, 0.5) is 11.6 Å². The molecule has 1 fully saturated rings. The smallest absolute Gasteiger partial charge is 0.245 e. The minimum Gasteiger partial charge on any atom is -0.384 e. The SMILES string of the molecule is CC(C)(O)c1ccc(-c2cnc3c(n2)N([C@H]2CCOC2)CC(=O)N3)cn1. The monoisotopic (exact) mass is 355 g/mol. The van der Waals surface area contributed by atoms with Gasteiger partial charge in [0.25, 0.3) is 0 Å². The fourth-order valence-corrected chi connectivity index (χ4v) is 3.19. The molecule has 26 heavy (non-hydrogen) atoms. The summed E-state index contributed by atoms with van der Waals surface area (Å²) in [5.41, 5.74) is 1.06. The molecule has 4 rings (SSSR count). The number of anilines is 2. The van der Waals surface area contributed by atoms with Gasteiger partial charge < -0.3 is 20.1 Å². The van der Waals surface area contributed by atoms with E-state index >= 15 is 0 Å². The van der Waals surface area contributed by atoms with E-state index in [4.69, 9.17) is 9.72 Å². The van der Waals surface area contributed by atoms with Crippen molar-refractivity contribution in [3.8, 4) is 11.3 Å². The van der Waals surface area contributed by atoms with Crippen molar-refractivity contribution in [3.63, 3.8) is 0 Å². The lowest BCUT2D eigenvalue weighted by Gasteiger charge is -2.33. The molecule has 2 aliphatic rings. The zero-order valence-electron chi connectivity index (χ0n) is 14.8. The molecule has 1 atom stereocenters. The zero-order valence-corrected chi connectivity index (χ0v) is 14.8.